The van der Waals surface area contributed by atoms with Gasteiger partial charge in [0.15, 0.2) is 0 Å². The number of para-hydroxylation sites is 1. The van der Waals surface area contributed by atoms with Crippen molar-refractivity contribution in [2.24, 2.45) is 0 Å². The van der Waals surface area contributed by atoms with E-state index >= 15 is 0 Å². The lowest BCUT2D eigenvalue weighted by molar-refractivity contribution is 0.944. The van der Waals surface area contributed by atoms with E-state index < -0.39 is 0 Å². The summed E-state index contributed by atoms with van der Waals surface area (Å²) in [7, 11) is 0. The molecule has 0 saturated heterocycles. The lowest BCUT2D eigenvalue weighted by Crippen LogP contribution is -2.22. The van der Waals surface area contributed by atoms with Gasteiger partial charge in [-0.15, -0.1) is 0 Å². The highest BCUT2D eigenvalue weighted by Crippen LogP contribution is 2.22. The van der Waals surface area contributed by atoms with Crippen LogP contribution in [0.25, 0.3) is 39.5 Å². The summed E-state index contributed by atoms with van der Waals surface area (Å²) in [5.74, 6) is 0.564. The molecule has 1 aromatic heterocycles. The largest absolute Gasteiger partial charge is 0.268 e. The van der Waals surface area contributed by atoms with E-state index in [4.69, 9.17) is 16.6 Å². The molecule has 0 unspecified atom stereocenters. The summed E-state index contributed by atoms with van der Waals surface area (Å²) in [4.78, 5) is 18.1. The Morgan fingerprint density at radius 2 is 1.43 bits per heavy atom. The number of halogens is 1. The SMILES string of the molecule is O=c1c2ccccc2nc(C=Cc2cccc3ccccc23)n1-c1ccc(Cl)cc1. The van der Waals surface area contributed by atoms with Crippen LogP contribution in [0.15, 0.2) is 95.8 Å². The van der Waals surface area contributed by atoms with Crippen molar-refractivity contribution >= 4 is 45.4 Å². The molecule has 0 N–H and O–H groups in total. The average molecular weight is 409 g/mol. The monoisotopic (exact) mass is 408 g/mol. The van der Waals surface area contributed by atoms with Crippen LogP contribution in [0, 0.1) is 0 Å². The molecule has 4 aromatic carbocycles. The van der Waals surface area contributed by atoms with E-state index in [-0.39, 0.29) is 5.56 Å². The zero-order chi connectivity index (χ0) is 20.5. The number of benzene rings is 4. The highest BCUT2D eigenvalue weighted by molar-refractivity contribution is 6.30. The third-order valence-electron chi connectivity index (χ3n) is 5.12. The molecule has 5 aromatic rings. The van der Waals surface area contributed by atoms with Crippen molar-refractivity contribution in [3.05, 3.63) is 118 Å². The predicted octanol–water partition coefficient (Wildman–Crippen LogP) is 6.36. The summed E-state index contributed by atoms with van der Waals surface area (Å²) < 4.78 is 1.63. The number of hydrogen-bond acceptors (Lipinski definition) is 2. The molecule has 0 aliphatic rings. The van der Waals surface area contributed by atoms with E-state index in [1.54, 1.807) is 22.8 Å². The molecule has 0 bridgehead atoms. The molecule has 30 heavy (non-hydrogen) atoms. The summed E-state index contributed by atoms with van der Waals surface area (Å²) in [5, 5.41) is 3.52. The Hall–Kier alpha value is -3.69. The minimum Gasteiger partial charge on any atom is -0.268 e. The number of hydrogen-bond donors (Lipinski definition) is 0. The average Bonchev–Trinajstić information content (AvgIpc) is 2.79. The Morgan fingerprint density at radius 1 is 0.733 bits per heavy atom. The van der Waals surface area contributed by atoms with Gasteiger partial charge in [-0.05, 0) is 58.8 Å². The Labute approximate surface area is 178 Å². The second-order valence-corrected chi connectivity index (χ2v) is 7.44. The van der Waals surface area contributed by atoms with E-state index in [2.05, 4.69) is 24.3 Å². The van der Waals surface area contributed by atoms with Gasteiger partial charge < -0.3 is 0 Å². The molecule has 3 nitrogen and oxygen atoms in total. The van der Waals surface area contributed by atoms with Crippen molar-refractivity contribution < 1.29 is 0 Å². The lowest BCUT2D eigenvalue weighted by Gasteiger charge is -2.11. The summed E-state index contributed by atoms with van der Waals surface area (Å²) >= 11 is 6.05. The van der Waals surface area contributed by atoms with Crippen LogP contribution < -0.4 is 5.56 Å². The second kappa shape index (κ2) is 7.62. The van der Waals surface area contributed by atoms with Crippen molar-refractivity contribution in [3.8, 4) is 5.69 Å². The van der Waals surface area contributed by atoms with Crippen LogP contribution in [0.3, 0.4) is 0 Å². The third-order valence-corrected chi connectivity index (χ3v) is 5.37. The Kier molecular flexibility index (Phi) is 4.66. The number of nitrogens with zero attached hydrogens (tertiary/aromatic N) is 2. The van der Waals surface area contributed by atoms with Crippen LogP contribution in [0.4, 0.5) is 0 Å². The van der Waals surface area contributed by atoms with Gasteiger partial charge in [0, 0.05) is 5.02 Å². The van der Waals surface area contributed by atoms with Crippen molar-refractivity contribution in [2.75, 3.05) is 0 Å². The van der Waals surface area contributed by atoms with Crippen molar-refractivity contribution in [2.45, 2.75) is 0 Å². The topological polar surface area (TPSA) is 34.9 Å². The second-order valence-electron chi connectivity index (χ2n) is 7.01. The molecule has 0 spiro atoms. The van der Waals surface area contributed by atoms with Crippen LogP contribution in [0.5, 0.6) is 0 Å². The molecular formula is C26H17ClN2O. The van der Waals surface area contributed by atoms with Gasteiger partial charge in [0.25, 0.3) is 5.56 Å². The van der Waals surface area contributed by atoms with Crippen molar-refractivity contribution in [1.82, 2.24) is 9.55 Å². The zero-order valence-corrected chi connectivity index (χ0v) is 16.8. The molecule has 5 rings (SSSR count). The smallest absolute Gasteiger partial charge is 0.266 e. The first-order valence-electron chi connectivity index (χ1n) is 9.64. The first-order chi connectivity index (χ1) is 14.7. The molecular weight excluding hydrogens is 392 g/mol. The molecule has 144 valence electrons. The fraction of sp³-hybridized carbons (Fsp3) is 0. The molecule has 4 heteroatoms. The van der Waals surface area contributed by atoms with E-state index in [0.717, 1.165) is 16.6 Å². The lowest BCUT2D eigenvalue weighted by atomic mass is 10.0. The molecule has 0 fully saturated rings. The van der Waals surface area contributed by atoms with Crippen LogP contribution in [-0.4, -0.2) is 9.55 Å². The highest BCUT2D eigenvalue weighted by atomic mass is 35.5. The molecule has 0 aliphatic carbocycles. The first kappa shape index (κ1) is 18.3. The zero-order valence-electron chi connectivity index (χ0n) is 16.0. The minimum absolute atomic E-state index is 0.111. The number of fused-ring (bicyclic) bond motifs is 2. The number of rotatable bonds is 3. The normalized spacial score (nSPS) is 11.5. The maximum atomic E-state index is 13.3. The summed E-state index contributed by atoms with van der Waals surface area (Å²) in [6.07, 6.45) is 3.90. The van der Waals surface area contributed by atoms with Gasteiger partial charge in [0.2, 0.25) is 0 Å². The first-order valence-corrected chi connectivity index (χ1v) is 10.0. The van der Waals surface area contributed by atoms with E-state index in [0.29, 0.717) is 21.7 Å². The van der Waals surface area contributed by atoms with E-state index in [1.807, 2.05) is 60.7 Å². The Balaban J connectivity index is 1.73. The van der Waals surface area contributed by atoms with Crippen molar-refractivity contribution in [1.29, 1.82) is 0 Å². The predicted molar refractivity (Wildman–Crippen MR) is 125 cm³/mol. The van der Waals surface area contributed by atoms with E-state index in [1.165, 1.54) is 5.39 Å². The van der Waals surface area contributed by atoms with Gasteiger partial charge in [-0.25, -0.2) is 4.98 Å². The van der Waals surface area contributed by atoms with Gasteiger partial charge in [-0.2, -0.15) is 0 Å². The van der Waals surface area contributed by atoms with Gasteiger partial charge in [-0.1, -0.05) is 72.3 Å². The number of aromatic nitrogens is 2. The van der Waals surface area contributed by atoms with Gasteiger partial charge in [0.1, 0.15) is 5.82 Å². The van der Waals surface area contributed by atoms with Crippen LogP contribution in [-0.2, 0) is 0 Å². The van der Waals surface area contributed by atoms with Gasteiger partial charge >= 0.3 is 0 Å². The highest BCUT2D eigenvalue weighted by Gasteiger charge is 2.11. The van der Waals surface area contributed by atoms with Crippen LogP contribution in [0.2, 0.25) is 5.02 Å². The third kappa shape index (κ3) is 3.30. The van der Waals surface area contributed by atoms with Gasteiger partial charge in [0.05, 0.1) is 16.6 Å². The molecule has 1 heterocycles. The Bertz CT molecular complexity index is 1460. The standard InChI is InChI=1S/C26H17ClN2O/c27-20-13-15-21(16-14-20)29-25(28-24-11-4-3-10-23(24)26(29)30)17-12-19-8-5-7-18-6-1-2-9-22(18)19/h1-17H. The molecule has 0 aliphatic heterocycles. The quantitative estimate of drug-likeness (QED) is 0.348. The summed E-state index contributed by atoms with van der Waals surface area (Å²) in [6, 6.07) is 29.0. The molecule has 0 atom stereocenters. The Morgan fingerprint density at radius 3 is 2.27 bits per heavy atom. The summed E-state index contributed by atoms with van der Waals surface area (Å²) in [5.41, 5.74) is 2.35. The minimum atomic E-state index is -0.111. The van der Waals surface area contributed by atoms with E-state index in [9.17, 15) is 4.79 Å². The van der Waals surface area contributed by atoms with Crippen LogP contribution in [0.1, 0.15) is 11.4 Å². The maximum Gasteiger partial charge on any atom is 0.266 e. The van der Waals surface area contributed by atoms with Crippen LogP contribution >= 0.6 is 11.6 Å². The molecule has 0 amide bonds. The van der Waals surface area contributed by atoms with Crippen molar-refractivity contribution in [3.63, 3.8) is 0 Å². The summed E-state index contributed by atoms with van der Waals surface area (Å²) in [6.45, 7) is 0. The molecule has 0 radical (unpaired) electrons. The fourth-order valence-electron chi connectivity index (χ4n) is 3.66. The molecule has 0 saturated carbocycles. The van der Waals surface area contributed by atoms with Gasteiger partial charge in [-0.3, -0.25) is 9.36 Å². The maximum absolute atomic E-state index is 13.3. The fourth-order valence-corrected chi connectivity index (χ4v) is 3.79.